The smallest absolute Gasteiger partial charge is 0.231 e. The molecule has 3 heterocycles. The number of ether oxygens (including phenoxy) is 3. The van der Waals surface area contributed by atoms with Gasteiger partial charge in [0.25, 0.3) is 0 Å². The summed E-state index contributed by atoms with van der Waals surface area (Å²) in [6, 6.07) is 19.8. The molecule has 3 aromatic rings. The summed E-state index contributed by atoms with van der Waals surface area (Å²) in [6.07, 6.45) is 9.59. The lowest BCUT2D eigenvalue weighted by Gasteiger charge is -2.46. The molecule has 0 amide bonds. The van der Waals surface area contributed by atoms with Crippen LogP contribution in [0.5, 0.6) is 17.2 Å². The average molecular weight is 495 g/mol. The molecule has 5 heteroatoms. The van der Waals surface area contributed by atoms with E-state index < -0.39 is 0 Å². The minimum absolute atomic E-state index is 0.312. The van der Waals surface area contributed by atoms with E-state index in [2.05, 4.69) is 70.9 Å². The van der Waals surface area contributed by atoms with Crippen LogP contribution in [0.2, 0.25) is 0 Å². The van der Waals surface area contributed by atoms with Crippen LogP contribution in [0.1, 0.15) is 59.5 Å². The van der Waals surface area contributed by atoms with Gasteiger partial charge in [0.1, 0.15) is 5.75 Å². The second-order valence-corrected chi connectivity index (χ2v) is 10.6. The summed E-state index contributed by atoms with van der Waals surface area (Å²) in [5.41, 5.74) is 9.20. The molecule has 37 heavy (non-hydrogen) atoms. The van der Waals surface area contributed by atoms with Gasteiger partial charge in [-0.2, -0.15) is 0 Å². The van der Waals surface area contributed by atoms with Crippen LogP contribution in [0.3, 0.4) is 0 Å². The summed E-state index contributed by atoms with van der Waals surface area (Å²) in [7, 11) is 1.79. The lowest BCUT2D eigenvalue weighted by molar-refractivity contribution is 0.174. The lowest BCUT2D eigenvalue weighted by Crippen LogP contribution is -2.39. The third-order valence-corrected chi connectivity index (χ3v) is 8.60. The van der Waals surface area contributed by atoms with E-state index in [1.165, 1.54) is 64.9 Å². The van der Waals surface area contributed by atoms with Gasteiger partial charge in [-0.3, -0.25) is 0 Å². The van der Waals surface area contributed by atoms with Crippen molar-refractivity contribution in [2.75, 3.05) is 32.3 Å². The van der Waals surface area contributed by atoms with Gasteiger partial charge in [-0.25, -0.2) is 0 Å². The van der Waals surface area contributed by atoms with Crippen molar-refractivity contribution >= 4 is 17.5 Å². The van der Waals surface area contributed by atoms with Crippen molar-refractivity contribution in [1.29, 1.82) is 0 Å². The largest absolute Gasteiger partial charge is 0.495 e. The highest BCUT2D eigenvalue weighted by Crippen LogP contribution is 2.53. The number of fused-ring (bicyclic) bond motifs is 5. The highest BCUT2D eigenvalue weighted by Gasteiger charge is 2.40. The molecule has 190 valence electrons. The van der Waals surface area contributed by atoms with Gasteiger partial charge < -0.3 is 24.4 Å². The Morgan fingerprint density at radius 3 is 2.62 bits per heavy atom. The molecule has 0 radical (unpaired) electrons. The van der Waals surface area contributed by atoms with Crippen LogP contribution in [0.4, 0.5) is 5.69 Å². The van der Waals surface area contributed by atoms with E-state index in [0.29, 0.717) is 18.8 Å². The van der Waals surface area contributed by atoms with Gasteiger partial charge >= 0.3 is 0 Å². The van der Waals surface area contributed by atoms with Gasteiger partial charge in [-0.15, -0.1) is 0 Å². The highest BCUT2D eigenvalue weighted by molar-refractivity contribution is 5.89. The van der Waals surface area contributed by atoms with Crippen molar-refractivity contribution in [1.82, 2.24) is 4.90 Å². The number of nitrogens with zero attached hydrogens (tertiary/aromatic N) is 1. The molecule has 3 aromatic carbocycles. The molecule has 1 unspecified atom stereocenters. The fourth-order valence-electron chi connectivity index (χ4n) is 6.85. The van der Waals surface area contributed by atoms with Gasteiger partial charge in [-0.05, 0) is 72.6 Å². The number of nitrogens with one attached hydrogen (secondary N) is 1. The number of benzene rings is 3. The third-order valence-electron chi connectivity index (χ3n) is 8.60. The Bertz CT molecular complexity index is 1340. The minimum Gasteiger partial charge on any atom is -0.495 e. The second kappa shape index (κ2) is 9.37. The van der Waals surface area contributed by atoms with Crippen molar-refractivity contribution in [2.24, 2.45) is 5.92 Å². The van der Waals surface area contributed by atoms with Crippen LogP contribution in [-0.2, 0) is 12.8 Å². The fourth-order valence-corrected chi connectivity index (χ4v) is 6.85. The van der Waals surface area contributed by atoms with Crippen molar-refractivity contribution in [3.8, 4) is 17.2 Å². The molecule has 7 rings (SSSR count). The first-order valence-electron chi connectivity index (χ1n) is 13.7. The van der Waals surface area contributed by atoms with E-state index >= 15 is 0 Å². The number of rotatable bonds is 6. The van der Waals surface area contributed by atoms with Crippen LogP contribution in [0.25, 0.3) is 11.8 Å². The first-order valence-corrected chi connectivity index (χ1v) is 13.7. The quantitative estimate of drug-likeness (QED) is 0.414. The van der Waals surface area contributed by atoms with Gasteiger partial charge in [0.2, 0.25) is 6.79 Å². The van der Waals surface area contributed by atoms with Crippen molar-refractivity contribution in [3.05, 3.63) is 82.4 Å². The zero-order valence-corrected chi connectivity index (χ0v) is 21.5. The Morgan fingerprint density at radius 2 is 1.81 bits per heavy atom. The zero-order valence-electron chi connectivity index (χ0n) is 21.5. The maximum atomic E-state index is 5.94. The third kappa shape index (κ3) is 3.92. The first-order chi connectivity index (χ1) is 18.3. The number of hydrogen-bond acceptors (Lipinski definition) is 5. The molecule has 5 nitrogen and oxygen atoms in total. The van der Waals surface area contributed by atoms with E-state index in [4.69, 9.17) is 14.2 Å². The van der Waals surface area contributed by atoms with Crippen LogP contribution < -0.4 is 19.5 Å². The maximum absolute atomic E-state index is 5.94. The molecule has 0 aromatic heterocycles. The van der Waals surface area contributed by atoms with E-state index in [1.807, 2.05) is 0 Å². The molecule has 0 spiro atoms. The predicted molar refractivity (Wildman–Crippen MR) is 147 cm³/mol. The second-order valence-electron chi connectivity index (χ2n) is 10.6. The van der Waals surface area contributed by atoms with E-state index in [9.17, 15) is 0 Å². The summed E-state index contributed by atoms with van der Waals surface area (Å²) in [5, 5.41) is 3.83. The number of methoxy groups -OCH3 is 1. The van der Waals surface area contributed by atoms with E-state index in [0.717, 1.165) is 43.2 Å². The summed E-state index contributed by atoms with van der Waals surface area (Å²) < 4.78 is 17.4. The highest BCUT2D eigenvalue weighted by atomic mass is 16.7. The summed E-state index contributed by atoms with van der Waals surface area (Å²) >= 11 is 0. The van der Waals surface area contributed by atoms with Gasteiger partial charge in [-0.1, -0.05) is 49.2 Å². The van der Waals surface area contributed by atoms with Gasteiger partial charge in [0.15, 0.2) is 11.5 Å². The van der Waals surface area contributed by atoms with Gasteiger partial charge in [0, 0.05) is 29.9 Å². The molecule has 1 N–H and O–H groups in total. The molecular weight excluding hydrogens is 460 g/mol. The summed E-state index contributed by atoms with van der Waals surface area (Å²) in [4.78, 5) is 2.69. The summed E-state index contributed by atoms with van der Waals surface area (Å²) in [6.45, 7) is 2.20. The monoisotopic (exact) mass is 494 g/mol. The number of anilines is 1. The van der Waals surface area contributed by atoms with Crippen molar-refractivity contribution in [2.45, 2.75) is 44.6 Å². The molecule has 0 bridgehead atoms. The maximum Gasteiger partial charge on any atom is 0.231 e. The Kier molecular flexibility index (Phi) is 5.72. The molecule has 1 aliphatic carbocycles. The van der Waals surface area contributed by atoms with Gasteiger partial charge in [0.05, 0.1) is 18.8 Å². The van der Waals surface area contributed by atoms with Crippen LogP contribution >= 0.6 is 0 Å². The Labute approximate surface area is 219 Å². The molecule has 1 fully saturated rings. The van der Waals surface area contributed by atoms with Crippen LogP contribution in [0.15, 0.2) is 54.6 Å². The molecule has 1 saturated carbocycles. The van der Waals surface area contributed by atoms with Crippen molar-refractivity contribution in [3.63, 3.8) is 0 Å². The molecule has 1 atom stereocenters. The zero-order chi connectivity index (χ0) is 24.8. The average Bonchev–Trinajstić information content (AvgIpc) is 3.63. The van der Waals surface area contributed by atoms with Crippen molar-refractivity contribution < 1.29 is 14.2 Å². The predicted octanol–water partition coefficient (Wildman–Crippen LogP) is 6.68. The molecular formula is C32H34N2O3. The van der Waals surface area contributed by atoms with Crippen LogP contribution in [0, 0.1) is 5.92 Å². The molecule has 3 aliphatic heterocycles. The van der Waals surface area contributed by atoms with E-state index in [-0.39, 0.29) is 0 Å². The Hall–Kier alpha value is -3.60. The standard InChI is InChI=1S/C32H34N2O3/c1-35-27-12-11-24-17-26-25-19-29-28(36-20-37-29)18-23(25)14-16-34(26)32(22-9-5-6-10-22)30(24)31(27)33-15-13-21-7-3-2-4-8-21/h2-4,7-8,11-12,17-19,22,32-33H,5-6,9-10,13-16,20H2,1H3. The summed E-state index contributed by atoms with van der Waals surface area (Å²) in [5.74, 6) is 3.32. The normalized spacial score (nSPS) is 19.6. The van der Waals surface area contributed by atoms with Crippen LogP contribution in [-0.4, -0.2) is 31.9 Å². The Balaban J connectivity index is 1.32. The van der Waals surface area contributed by atoms with E-state index in [1.54, 1.807) is 7.11 Å². The molecule has 4 aliphatic rings. The fraction of sp³-hybridized carbons (Fsp3) is 0.375. The molecule has 0 saturated heterocycles. The SMILES string of the molecule is COc1ccc2c(c1NCCc1ccccc1)C(C1CCCC1)N1CCc3cc4c(cc3C1=C2)OCO4. The topological polar surface area (TPSA) is 43.0 Å². The lowest BCUT2D eigenvalue weighted by atomic mass is 9.80. The Morgan fingerprint density at radius 1 is 1.00 bits per heavy atom. The first kappa shape index (κ1) is 22.6. The minimum atomic E-state index is 0.312. The number of hydrogen-bond donors (Lipinski definition) is 1.